The average molecular weight is 304 g/mol. The quantitative estimate of drug-likeness (QED) is 0.502. The smallest absolute Gasteiger partial charge is 0.347 e. The van der Waals surface area contributed by atoms with E-state index in [9.17, 15) is 4.79 Å². The van der Waals surface area contributed by atoms with Gasteiger partial charge in [-0.15, -0.1) is 0 Å². The van der Waals surface area contributed by atoms with Crippen LogP contribution >= 0.6 is 0 Å². The number of aryl methyl sites for hydroxylation is 1. The number of ether oxygens (including phenoxy) is 2. The topological polar surface area (TPSA) is 35.5 Å². The molecule has 0 aliphatic carbocycles. The van der Waals surface area contributed by atoms with Crippen molar-refractivity contribution in [2.24, 2.45) is 0 Å². The van der Waals surface area contributed by atoms with Crippen molar-refractivity contribution < 1.29 is 14.3 Å². The molecule has 3 nitrogen and oxygen atoms in total. The minimum Gasteiger partial charge on any atom is -0.456 e. The molecule has 0 N–H and O–H groups in total. The van der Waals surface area contributed by atoms with E-state index in [1.807, 2.05) is 61.5 Å². The van der Waals surface area contributed by atoms with Crippen molar-refractivity contribution in [1.82, 2.24) is 0 Å². The molecule has 0 spiro atoms. The largest absolute Gasteiger partial charge is 0.456 e. The molecule has 0 bridgehead atoms. The molecular weight excluding hydrogens is 288 g/mol. The Balaban J connectivity index is 1.85. The van der Waals surface area contributed by atoms with Crippen LogP contribution in [0, 0.1) is 6.92 Å². The van der Waals surface area contributed by atoms with Crippen LogP contribution in [0.4, 0.5) is 0 Å². The number of carbonyl (C=O) groups is 1. The molecule has 0 atom stereocenters. The number of rotatable bonds is 4. The molecule has 3 heteroatoms. The van der Waals surface area contributed by atoms with Crippen LogP contribution < -0.4 is 9.47 Å². The molecule has 0 saturated carbocycles. The number of benzene rings is 3. The van der Waals surface area contributed by atoms with Crippen molar-refractivity contribution in [3.63, 3.8) is 0 Å². The fourth-order valence-electron chi connectivity index (χ4n) is 2.17. The molecule has 0 unspecified atom stereocenters. The molecule has 0 aliphatic rings. The number of para-hydroxylation sites is 3. The van der Waals surface area contributed by atoms with E-state index in [0.29, 0.717) is 22.8 Å². The monoisotopic (exact) mass is 304 g/mol. The van der Waals surface area contributed by atoms with E-state index in [0.717, 1.165) is 5.56 Å². The summed E-state index contributed by atoms with van der Waals surface area (Å²) >= 11 is 0. The van der Waals surface area contributed by atoms with Gasteiger partial charge in [-0.1, -0.05) is 48.5 Å². The highest BCUT2D eigenvalue weighted by Gasteiger charge is 2.15. The van der Waals surface area contributed by atoms with Crippen LogP contribution in [0.5, 0.6) is 17.2 Å². The molecule has 0 radical (unpaired) electrons. The first-order valence-corrected chi connectivity index (χ1v) is 7.34. The molecule has 0 amide bonds. The number of hydrogen-bond acceptors (Lipinski definition) is 3. The van der Waals surface area contributed by atoms with E-state index in [1.54, 1.807) is 24.3 Å². The summed E-state index contributed by atoms with van der Waals surface area (Å²) in [5.74, 6) is 1.25. The van der Waals surface area contributed by atoms with Gasteiger partial charge in [0.05, 0.1) is 0 Å². The van der Waals surface area contributed by atoms with Crippen molar-refractivity contribution in [3.05, 3.63) is 90.0 Å². The van der Waals surface area contributed by atoms with Gasteiger partial charge < -0.3 is 9.47 Å². The summed E-state index contributed by atoms with van der Waals surface area (Å²) in [7, 11) is 0. The Labute approximate surface area is 135 Å². The fraction of sp³-hybridized carbons (Fsp3) is 0.0500. The second kappa shape index (κ2) is 6.79. The summed E-state index contributed by atoms with van der Waals surface area (Å²) in [5.41, 5.74) is 1.29. The third-order valence-electron chi connectivity index (χ3n) is 3.37. The van der Waals surface area contributed by atoms with Crippen LogP contribution in [0.3, 0.4) is 0 Å². The first kappa shape index (κ1) is 14.9. The third-order valence-corrected chi connectivity index (χ3v) is 3.37. The predicted octanol–water partition coefficient (Wildman–Crippen LogP) is 5.01. The lowest BCUT2D eigenvalue weighted by atomic mass is 10.2. The predicted molar refractivity (Wildman–Crippen MR) is 89.1 cm³/mol. The second-order valence-corrected chi connectivity index (χ2v) is 5.07. The van der Waals surface area contributed by atoms with E-state index < -0.39 is 5.97 Å². The molecule has 0 aliphatic heterocycles. The zero-order chi connectivity index (χ0) is 16.1. The van der Waals surface area contributed by atoms with Crippen LogP contribution in [-0.4, -0.2) is 5.97 Å². The van der Waals surface area contributed by atoms with E-state index in [2.05, 4.69) is 0 Å². The Bertz CT molecular complexity index is 810. The summed E-state index contributed by atoms with van der Waals surface area (Å²) in [6, 6.07) is 23.8. The second-order valence-electron chi connectivity index (χ2n) is 5.07. The Kier molecular flexibility index (Phi) is 4.39. The van der Waals surface area contributed by atoms with Crippen LogP contribution in [-0.2, 0) is 0 Å². The molecule has 3 aromatic carbocycles. The Hall–Kier alpha value is -3.07. The van der Waals surface area contributed by atoms with Gasteiger partial charge >= 0.3 is 5.97 Å². The summed E-state index contributed by atoms with van der Waals surface area (Å²) in [6.45, 7) is 1.90. The van der Waals surface area contributed by atoms with Crippen molar-refractivity contribution in [3.8, 4) is 17.2 Å². The Morgan fingerprint density at radius 2 is 1.35 bits per heavy atom. The van der Waals surface area contributed by atoms with Crippen molar-refractivity contribution in [1.29, 1.82) is 0 Å². The number of hydrogen-bond donors (Lipinski definition) is 0. The lowest BCUT2D eigenvalue weighted by Gasteiger charge is -2.11. The van der Waals surface area contributed by atoms with Crippen molar-refractivity contribution in [2.75, 3.05) is 0 Å². The molecular formula is C20H16O3. The zero-order valence-corrected chi connectivity index (χ0v) is 12.7. The lowest BCUT2D eigenvalue weighted by molar-refractivity contribution is 0.0731. The SMILES string of the molecule is Cc1ccccc1OC(=O)c1ccccc1Oc1ccccc1. The molecule has 0 fully saturated rings. The normalized spacial score (nSPS) is 10.1. The van der Waals surface area contributed by atoms with Gasteiger partial charge in [0.15, 0.2) is 0 Å². The minimum atomic E-state index is -0.439. The summed E-state index contributed by atoms with van der Waals surface area (Å²) in [5, 5.41) is 0. The zero-order valence-electron chi connectivity index (χ0n) is 12.7. The molecule has 3 aromatic rings. The van der Waals surface area contributed by atoms with Gasteiger partial charge in [0.1, 0.15) is 22.8 Å². The van der Waals surface area contributed by atoms with Gasteiger partial charge in [-0.3, -0.25) is 0 Å². The van der Waals surface area contributed by atoms with Crippen LogP contribution in [0.2, 0.25) is 0 Å². The maximum Gasteiger partial charge on any atom is 0.347 e. The fourth-order valence-corrected chi connectivity index (χ4v) is 2.17. The van der Waals surface area contributed by atoms with Gasteiger partial charge in [0.25, 0.3) is 0 Å². The molecule has 0 saturated heterocycles. The molecule has 23 heavy (non-hydrogen) atoms. The molecule has 114 valence electrons. The molecule has 3 rings (SSSR count). The van der Waals surface area contributed by atoms with Crippen LogP contribution in [0.15, 0.2) is 78.9 Å². The molecule has 0 aromatic heterocycles. The summed E-state index contributed by atoms with van der Waals surface area (Å²) < 4.78 is 11.3. The Morgan fingerprint density at radius 3 is 2.09 bits per heavy atom. The van der Waals surface area contributed by atoms with Gasteiger partial charge in [0, 0.05) is 0 Å². The first-order chi connectivity index (χ1) is 11.2. The maximum absolute atomic E-state index is 12.5. The van der Waals surface area contributed by atoms with Gasteiger partial charge in [-0.25, -0.2) is 4.79 Å². The standard InChI is InChI=1S/C20H16O3/c1-15-9-5-7-13-18(15)23-20(21)17-12-6-8-14-19(17)22-16-10-3-2-4-11-16/h2-14H,1H3. The van der Waals surface area contributed by atoms with Gasteiger partial charge in [-0.2, -0.15) is 0 Å². The average Bonchev–Trinajstić information content (AvgIpc) is 2.58. The van der Waals surface area contributed by atoms with Crippen LogP contribution in [0.1, 0.15) is 15.9 Å². The highest BCUT2D eigenvalue weighted by Crippen LogP contribution is 2.27. The maximum atomic E-state index is 12.5. The number of esters is 1. The molecule has 0 heterocycles. The van der Waals surface area contributed by atoms with Crippen molar-refractivity contribution >= 4 is 5.97 Å². The highest BCUT2D eigenvalue weighted by atomic mass is 16.5. The highest BCUT2D eigenvalue weighted by molar-refractivity contribution is 5.94. The minimum absolute atomic E-state index is 0.389. The first-order valence-electron chi connectivity index (χ1n) is 7.34. The Morgan fingerprint density at radius 1 is 0.739 bits per heavy atom. The summed E-state index contributed by atoms with van der Waals surface area (Å²) in [6.07, 6.45) is 0. The van der Waals surface area contributed by atoms with Crippen molar-refractivity contribution in [2.45, 2.75) is 6.92 Å². The van der Waals surface area contributed by atoms with E-state index >= 15 is 0 Å². The van der Waals surface area contributed by atoms with E-state index in [-0.39, 0.29) is 0 Å². The van der Waals surface area contributed by atoms with Gasteiger partial charge in [0.2, 0.25) is 0 Å². The van der Waals surface area contributed by atoms with E-state index in [4.69, 9.17) is 9.47 Å². The summed E-state index contributed by atoms with van der Waals surface area (Å²) in [4.78, 5) is 12.5. The van der Waals surface area contributed by atoms with Crippen LogP contribution in [0.25, 0.3) is 0 Å². The third kappa shape index (κ3) is 3.58. The van der Waals surface area contributed by atoms with E-state index in [1.165, 1.54) is 0 Å². The number of carbonyl (C=O) groups excluding carboxylic acids is 1. The lowest BCUT2D eigenvalue weighted by Crippen LogP contribution is -2.10. The van der Waals surface area contributed by atoms with Gasteiger partial charge in [-0.05, 0) is 42.8 Å².